The number of hydrogen-bond acceptors (Lipinski definition) is 4. The van der Waals surface area contributed by atoms with E-state index in [0.717, 1.165) is 6.07 Å². The van der Waals surface area contributed by atoms with Gasteiger partial charge in [-0.1, -0.05) is 12.1 Å². The van der Waals surface area contributed by atoms with Crippen LogP contribution in [-0.2, 0) is 0 Å². The van der Waals surface area contributed by atoms with Crippen molar-refractivity contribution in [3.05, 3.63) is 48.0 Å². The topological polar surface area (TPSA) is 78.8 Å². The van der Waals surface area contributed by atoms with Crippen LogP contribution < -0.4 is 10.1 Å². The molecule has 3 N–H and O–H groups in total. The Morgan fingerprint density at radius 1 is 1.16 bits per heavy atom. The summed E-state index contributed by atoms with van der Waals surface area (Å²) in [6, 6.07) is 10.7. The van der Waals surface area contributed by atoms with Crippen LogP contribution in [0.1, 0.15) is 10.4 Å². The standard InChI is InChI=1S/C14H13NO4/c1-19-13-5-3-2-4-10(13)14(18)15-11-7-6-9(16)8-12(11)17/h2-8,16-17H,1H3,(H,15,18). The molecule has 0 saturated heterocycles. The van der Waals surface area contributed by atoms with Crippen LogP contribution in [0.15, 0.2) is 42.5 Å². The first-order valence-electron chi connectivity index (χ1n) is 5.58. The molecule has 0 bridgehead atoms. The number of aromatic hydroxyl groups is 2. The molecule has 98 valence electrons. The second-order valence-electron chi connectivity index (χ2n) is 3.86. The van der Waals surface area contributed by atoms with Crippen molar-refractivity contribution in [3.8, 4) is 17.2 Å². The van der Waals surface area contributed by atoms with Gasteiger partial charge in [-0.05, 0) is 24.3 Å². The van der Waals surface area contributed by atoms with E-state index in [2.05, 4.69) is 5.32 Å². The Labute approximate surface area is 110 Å². The molecular formula is C14H13NO4. The highest BCUT2D eigenvalue weighted by Crippen LogP contribution is 2.28. The minimum Gasteiger partial charge on any atom is -0.508 e. The monoisotopic (exact) mass is 259 g/mol. The van der Waals surface area contributed by atoms with E-state index in [-0.39, 0.29) is 17.2 Å². The minimum absolute atomic E-state index is 0.0761. The number of para-hydroxylation sites is 1. The first-order valence-corrected chi connectivity index (χ1v) is 5.58. The van der Waals surface area contributed by atoms with Gasteiger partial charge in [-0.15, -0.1) is 0 Å². The largest absolute Gasteiger partial charge is 0.508 e. The highest BCUT2D eigenvalue weighted by atomic mass is 16.5. The van der Waals surface area contributed by atoms with E-state index in [4.69, 9.17) is 4.74 Å². The molecule has 0 saturated carbocycles. The molecule has 5 nitrogen and oxygen atoms in total. The number of phenols is 2. The first kappa shape index (κ1) is 12.8. The highest BCUT2D eigenvalue weighted by Gasteiger charge is 2.13. The molecule has 0 spiro atoms. The van der Waals surface area contributed by atoms with Crippen molar-refractivity contribution in [2.45, 2.75) is 0 Å². The van der Waals surface area contributed by atoms with Gasteiger partial charge in [0.25, 0.3) is 5.91 Å². The number of rotatable bonds is 3. The Morgan fingerprint density at radius 2 is 1.89 bits per heavy atom. The lowest BCUT2D eigenvalue weighted by molar-refractivity contribution is 0.102. The number of carbonyl (C=O) groups is 1. The zero-order chi connectivity index (χ0) is 13.8. The number of methoxy groups -OCH3 is 1. The summed E-state index contributed by atoms with van der Waals surface area (Å²) in [5, 5.41) is 21.3. The third kappa shape index (κ3) is 2.77. The average Bonchev–Trinajstić information content (AvgIpc) is 2.41. The second-order valence-corrected chi connectivity index (χ2v) is 3.86. The maximum absolute atomic E-state index is 12.1. The van der Waals surface area contributed by atoms with Gasteiger partial charge in [0.2, 0.25) is 0 Å². The molecule has 19 heavy (non-hydrogen) atoms. The van der Waals surface area contributed by atoms with Crippen molar-refractivity contribution in [2.75, 3.05) is 12.4 Å². The highest BCUT2D eigenvalue weighted by molar-refractivity contribution is 6.06. The fourth-order valence-corrected chi connectivity index (χ4v) is 1.65. The number of ether oxygens (including phenoxy) is 1. The zero-order valence-corrected chi connectivity index (χ0v) is 10.3. The molecule has 1 amide bonds. The van der Waals surface area contributed by atoms with Crippen molar-refractivity contribution in [3.63, 3.8) is 0 Å². The van der Waals surface area contributed by atoms with Gasteiger partial charge in [-0.2, -0.15) is 0 Å². The summed E-state index contributed by atoms with van der Waals surface area (Å²) in [6.07, 6.45) is 0. The Bertz CT molecular complexity index is 610. The van der Waals surface area contributed by atoms with E-state index in [0.29, 0.717) is 11.3 Å². The van der Waals surface area contributed by atoms with Crippen molar-refractivity contribution in [1.29, 1.82) is 0 Å². The number of phenolic OH excluding ortho intramolecular Hbond substituents is 2. The van der Waals surface area contributed by atoms with Crippen LogP contribution in [0.3, 0.4) is 0 Å². The van der Waals surface area contributed by atoms with Crippen LogP contribution in [0.5, 0.6) is 17.2 Å². The number of amides is 1. The number of nitrogens with one attached hydrogen (secondary N) is 1. The predicted molar refractivity (Wildman–Crippen MR) is 70.7 cm³/mol. The minimum atomic E-state index is -0.404. The van der Waals surface area contributed by atoms with Gasteiger partial charge < -0.3 is 20.3 Å². The Kier molecular flexibility index (Phi) is 3.56. The molecule has 0 aliphatic rings. The molecule has 2 rings (SSSR count). The first-order chi connectivity index (χ1) is 9.11. The van der Waals surface area contributed by atoms with E-state index >= 15 is 0 Å². The molecule has 5 heteroatoms. The maximum Gasteiger partial charge on any atom is 0.259 e. The van der Waals surface area contributed by atoms with Gasteiger partial charge in [0.1, 0.15) is 17.2 Å². The van der Waals surface area contributed by atoms with Gasteiger partial charge in [0, 0.05) is 6.07 Å². The quantitative estimate of drug-likeness (QED) is 0.584. The Morgan fingerprint density at radius 3 is 2.58 bits per heavy atom. The van der Waals surface area contributed by atoms with Crippen LogP contribution in [0.4, 0.5) is 5.69 Å². The molecule has 2 aromatic rings. The number of carbonyl (C=O) groups excluding carboxylic acids is 1. The number of benzene rings is 2. The molecular weight excluding hydrogens is 246 g/mol. The van der Waals surface area contributed by atoms with E-state index in [9.17, 15) is 15.0 Å². The third-order valence-corrected chi connectivity index (χ3v) is 2.58. The van der Waals surface area contributed by atoms with Crippen molar-refractivity contribution >= 4 is 11.6 Å². The Hall–Kier alpha value is -2.69. The molecule has 0 atom stereocenters. The maximum atomic E-state index is 12.1. The molecule has 2 aromatic carbocycles. The second kappa shape index (κ2) is 5.30. The van der Waals surface area contributed by atoms with Crippen molar-refractivity contribution < 1.29 is 19.7 Å². The Balaban J connectivity index is 2.26. The fourth-order valence-electron chi connectivity index (χ4n) is 1.65. The van der Waals surface area contributed by atoms with Crippen molar-refractivity contribution in [2.24, 2.45) is 0 Å². The van der Waals surface area contributed by atoms with E-state index in [1.165, 1.54) is 19.2 Å². The van der Waals surface area contributed by atoms with Crippen LogP contribution in [0.2, 0.25) is 0 Å². The molecule has 0 unspecified atom stereocenters. The van der Waals surface area contributed by atoms with Gasteiger partial charge in [-0.3, -0.25) is 4.79 Å². The van der Waals surface area contributed by atoms with Crippen LogP contribution in [0.25, 0.3) is 0 Å². The molecule has 0 aliphatic carbocycles. The summed E-state index contributed by atoms with van der Waals surface area (Å²) in [6.45, 7) is 0. The summed E-state index contributed by atoms with van der Waals surface area (Å²) < 4.78 is 5.09. The molecule has 0 aliphatic heterocycles. The predicted octanol–water partition coefficient (Wildman–Crippen LogP) is 2.36. The van der Waals surface area contributed by atoms with E-state index < -0.39 is 5.91 Å². The average molecular weight is 259 g/mol. The fraction of sp³-hybridized carbons (Fsp3) is 0.0714. The summed E-state index contributed by atoms with van der Waals surface area (Å²) in [7, 11) is 1.48. The van der Waals surface area contributed by atoms with Crippen molar-refractivity contribution in [1.82, 2.24) is 0 Å². The molecule has 0 aromatic heterocycles. The lowest BCUT2D eigenvalue weighted by Crippen LogP contribution is -2.13. The summed E-state index contributed by atoms with van der Waals surface area (Å²) >= 11 is 0. The van der Waals surface area contributed by atoms with Gasteiger partial charge >= 0.3 is 0 Å². The summed E-state index contributed by atoms with van der Waals surface area (Å²) in [5.74, 6) is -0.243. The number of hydrogen-bond donors (Lipinski definition) is 3. The summed E-state index contributed by atoms with van der Waals surface area (Å²) in [4.78, 5) is 12.1. The lowest BCUT2D eigenvalue weighted by Gasteiger charge is -2.10. The van der Waals surface area contributed by atoms with Crippen LogP contribution >= 0.6 is 0 Å². The smallest absolute Gasteiger partial charge is 0.259 e. The van der Waals surface area contributed by atoms with Gasteiger partial charge in [0.15, 0.2) is 0 Å². The summed E-state index contributed by atoms with van der Waals surface area (Å²) in [5.41, 5.74) is 0.575. The third-order valence-electron chi connectivity index (χ3n) is 2.58. The van der Waals surface area contributed by atoms with Gasteiger partial charge in [-0.25, -0.2) is 0 Å². The molecule has 0 radical (unpaired) electrons. The number of anilines is 1. The zero-order valence-electron chi connectivity index (χ0n) is 10.3. The van der Waals surface area contributed by atoms with Gasteiger partial charge in [0.05, 0.1) is 18.4 Å². The lowest BCUT2D eigenvalue weighted by atomic mass is 10.2. The molecule has 0 fully saturated rings. The van der Waals surface area contributed by atoms with E-state index in [1.54, 1.807) is 24.3 Å². The molecule has 0 heterocycles. The van der Waals surface area contributed by atoms with Crippen LogP contribution in [0, 0.1) is 0 Å². The van der Waals surface area contributed by atoms with E-state index in [1.807, 2.05) is 0 Å². The normalized spacial score (nSPS) is 9.95. The SMILES string of the molecule is COc1ccccc1C(=O)Nc1ccc(O)cc1O. The van der Waals surface area contributed by atoms with Crippen LogP contribution in [-0.4, -0.2) is 23.2 Å².